The van der Waals surface area contributed by atoms with Gasteiger partial charge in [0.05, 0.1) is 11.4 Å². The van der Waals surface area contributed by atoms with E-state index in [1.807, 2.05) is 36.4 Å². The van der Waals surface area contributed by atoms with Gasteiger partial charge in [-0.15, -0.1) is 5.10 Å². The van der Waals surface area contributed by atoms with Gasteiger partial charge in [-0.1, -0.05) is 41.3 Å². The molecule has 0 unspecified atom stereocenters. The van der Waals surface area contributed by atoms with E-state index in [1.165, 1.54) is 41.6 Å². The zero-order valence-corrected chi connectivity index (χ0v) is 17.1. The summed E-state index contributed by atoms with van der Waals surface area (Å²) in [5, 5.41) is 4.57. The number of thioether (sulfide) groups is 1. The first kappa shape index (κ1) is 17.7. The second-order valence-electron chi connectivity index (χ2n) is 6.48. The summed E-state index contributed by atoms with van der Waals surface area (Å²) in [7, 11) is 0. The third-order valence-corrected chi connectivity index (χ3v) is 6.92. The molecule has 0 radical (unpaired) electrons. The molecular formula is C19H19N3OS3. The molecule has 2 aromatic heterocycles. The summed E-state index contributed by atoms with van der Waals surface area (Å²) in [5.41, 5.74) is 4.06. The highest BCUT2D eigenvalue weighted by Gasteiger charge is 2.28. The zero-order chi connectivity index (χ0) is 18.3. The molecule has 2 heterocycles. The first-order chi connectivity index (χ1) is 12.5. The highest BCUT2D eigenvalue weighted by atomic mass is 32.2. The topological polar surface area (TPSA) is 39.8 Å². The molecule has 7 heteroatoms. The van der Waals surface area contributed by atoms with E-state index >= 15 is 0 Å². The van der Waals surface area contributed by atoms with Gasteiger partial charge in [0.15, 0.2) is 14.1 Å². The first-order valence-corrected chi connectivity index (χ1v) is 10.8. The van der Waals surface area contributed by atoms with Crippen LogP contribution in [0.1, 0.15) is 40.6 Å². The van der Waals surface area contributed by atoms with Crippen LogP contribution in [0.15, 0.2) is 40.7 Å². The van der Waals surface area contributed by atoms with Crippen LogP contribution in [-0.4, -0.2) is 25.9 Å². The van der Waals surface area contributed by atoms with Crippen molar-refractivity contribution in [2.24, 2.45) is 0 Å². The number of ketones is 1. The van der Waals surface area contributed by atoms with Crippen LogP contribution in [0.5, 0.6) is 0 Å². The van der Waals surface area contributed by atoms with Crippen LogP contribution in [-0.2, 0) is 0 Å². The second kappa shape index (κ2) is 7.13. The summed E-state index contributed by atoms with van der Waals surface area (Å²) in [6, 6.07) is 12.5. The van der Waals surface area contributed by atoms with Gasteiger partial charge < -0.3 is 4.57 Å². The second-order valence-corrected chi connectivity index (χ2v) is 9.32. The van der Waals surface area contributed by atoms with E-state index in [1.54, 1.807) is 4.68 Å². The van der Waals surface area contributed by atoms with Gasteiger partial charge in [0.25, 0.3) is 0 Å². The standard InChI is InChI=1S/C19H19N3OS3/c1-12-10-16(13(2)21(12)14-8-9-14)17(23)11-25-18-20-22(19(24)26-18)15-6-4-3-5-7-15/h3-7,10,14H,8-9,11H2,1-2H3. The van der Waals surface area contributed by atoms with Crippen LogP contribution >= 0.6 is 35.3 Å². The lowest BCUT2D eigenvalue weighted by atomic mass is 10.2. The number of benzene rings is 1. The maximum Gasteiger partial charge on any atom is 0.184 e. The van der Waals surface area contributed by atoms with Crippen LogP contribution in [0.2, 0.25) is 0 Å². The van der Waals surface area contributed by atoms with Gasteiger partial charge in [-0.05, 0) is 57.1 Å². The van der Waals surface area contributed by atoms with Crippen molar-refractivity contribution in [2.75, 3.05) is 5.75 Å². The van der Waals surface area contributed by atoms with Gasteiger partial charge in [-0.3, -0.25) is 4.79 Å². The number of para-hydroxylation sites is 1. The van der Waals surface area contributed by atoms with Gasteiger partial charge in [0, 0.05) is 23.0 Å². The molecule has 1 aliphatic rings. The molecule has 0 bridgehead atoms. The van der Waals surface area contributed by atoms with Crippen molar-refractivity contribution >= 4 is 41.1 Å². The first-order valence-electron chi connectivity index (χ1n) is 8.54. The Morgan fingerprint density at radius 2 is 2.04 bits per heavy atom. The summed E-state index contributed by atoms with van der Waals surface area (Å²) in [6.45, 7) is 4.14. The smallest absolute Gasteiger partial charge is 0.184 e. The molecule has 26 heavy (non-hydrogen) atoms. The average Bonchev–Trinajstić information content (AvgIpc) is 3.33. The number of carbonyl (C=O) groups excluding carboxylic acids is 1. The van der Waals surface area contributed by atoms with E-state index < -0.39 is 0 Å². The quantitative estimate of drug-likeness (QED) is 0.315. The fourth-order valence-corrected chi connectivity index (χ4v) is 5.46. The lowest BCUT2D eigenvalue weighted by Crippen LogP contribution is -2.05. The van der Waals surface area contributed by atoms with Crippen LogP contribution in [0, 0.1) is 17.8 Å². The van der Waals surface area contributed by atoms with E-state index in [0.29, 0.717) is 15.7 Å². The Labute approximate surface area is 165 Å². The predicted molar refractivity (Wildman–Crippen MR) is 110 cm³/mol. The van der Waals surface area contributed by atoms with Gasteiger partial charge >= 0.3 is 0 Å². The molecule has 0 spiro atoms. The third-order valence-electron chi connectivity index (χ3n) is 4.55. The molecule has 0 N–H and O–H groups in total. The molecule has 0 atom stereocenters. The number of rotatable bonds is 6. The Bertz CT molecular complexity index is 1010. The molecule has 0 amide bonds. The zero-order valence-electron chi connectivity index (χ0n) is 14.6. The van der Waals surface area contributed by atoms with Crippen molar-refractivity contribution in [3.8, 4) is 5.69 Å². The average molecular weight is 402 g/mol. The minimum Gasteiger partial charge on any atom is -0.345 e. The highest BCUT2D eigenvalue weighted by Crippen LogP contribution is 2.38. The van der Waals surface area contributed by atoms with Crippen LogP contribution in [0.4, 0.5) is 0 Å². The molecule has 0 aliphatic heterocycles. The van der Waals surface area contributed by atoms with Crippen molar-refractivity contribution in [1.29, 1.82) is 0 Å². The molecule has 3 aromatic rings. The predicted octanol–water partition coefficient (Wildman–Crippen LogP) is 5.39. The summed E-state index contributed by atoms with van der Waals surface area (Å²) in [6.07, 6.45) is 2.44. The Morgan fingerprint density at radius 1 is 1.31 bits per heavy atom. The number of hydrogen-bond acceptors (Lipinski definition) is 5. The maximum atomic E-state index is 12.7. The van der Waals surface area contributed by atoms with Crippen molar-refractivity contribution in [2.45, 2.75) is 37.1 Å². The molecule has 4 rings (SSSR count). The van der Waals surface area contributed by atoms with E-state index in [4.69, 9.17) is 12.2 Å². The van der Waals surface area contributed by atoms with E-state index in [9.17, 15) is 4.79 Å². The van der Waals surface area contributed by atoms with Gasteiger partial charge in [-0.2, -0.15) is 0 Å². The third kappa shape index (κ3) is 3.43. The largest absolute Gasteiger partial charge is 0.345 e. The summed E-state index contributed by atoms with van der Waals surface area (Å²) in [5.74, 6) is 0.536. The Kier molecular flexibility index (Phi) is 4.86. The fourth-order valence-electron chi connectivity index (χ4n) is 3.21. The minimum atomic E-state index is 0.155. The van der Waals surface area contributed by atoms with Crippen molar-refractivity contribution in [1.82, 2.24) is 14.3 Å². The molecular weight excluding hydrogens is 382 g/mol. The van der Waals surface area contributed by atoms with Gasteiger partial charge in [0.2, 0.25) is 0 Å². The SMILES string of the molecule is Cc1cc(C(=O)CSc2nn(-c3ccccc3)c(=S)s2)c(C)n1C1CC1. The Hall–Kier alpha value is -1.70. The Balaban J connectivity index is 1.49. The monoisotopic (exact) mass is 401 g/mol. The lowest BCUT2D eigenvalue weighted by Gasteiger charge is -2.07. The molecule has 1 aromatic carbocycles. The van der Waals surface area contributed by atoms with Crippen LogP contribution < -0.4 is 0 Å². The molecule has 0 saturated heterocycles. The number of aryl methyl sites for hydroxylation is 1. The Morgan fingerprint density at radius 3 is 2.73 bits per heavy atom. The number of aromatic nitrogens is 3. The number of hydrogen-bond donors (Lipinski definition) is 0. The number of Topliss-reactive ketones (excluding diaryl/α,β-unsaturated/α-hetero) is 1. The van der Waals surface area contributed by atoms with Crippen molar-refractivity contribution in [3.05, 3.63) is 57.3 Å². The van der Waals surface area contributed by atoms with Gasteiger partial charge in [-0.25, -0.2) is 4.68 Å². The highest BCUT2D eigenvalue weighted by molar-refractivity contribution is 8.01. The van der Waals surface area contributed by atoms with E-state index in [0.717, 1.165) is 21.3 Å². The molecule has 1 aliphatic carbocycles. The van der Waals surface area contributed by atoms with Gasteiger partial charge in [0.1, 0.15) is 0 Å². The minimum absolute atomic E-state index is 0.155. The number of carbonyl (C=O) groups is 1. The number of nitrogens with zero attached hydrogens (tertiary/aromatic N) is 3. The molecule has 4 nitrogen and oxygen atoms in total. The maximum absolute atomic E-state index is 12.7. The van der Waals surface area contributed by atoms with Crippen molar-refractivity contribution < 1.29 is 4.79 Å². The van der Waals surface area contributed by atoms with Crippen LogP contribution in [0.25, 0.3) is 5.69 Å². The van der Waals surface area contributed by atoms with E-state index in [-0.39, 0.29) is 5.78 Å². The molecule has 134 valence electrons. The lowest BCUT2D eigenvalue weighted by molar-refractivity contribution is 0.102. The summed E-state index contributed by atoms with van der Waals surface area (Å²) in [4.78, 5) is 12.7. The molecule has 1 saturated carbocycles. The molecule has 1 fully saturated rings. The summed E-state index contributed by atoms with van der Waals surface area (Å²) < 4.78 is 5.58. The normalized spacial score (nSPS) is 13.9. The summed E-state index contributed by atoms with van der Waals surface area (Å²) >= 11 is 8.33. The van der Waals surface area contributed by atoms with E-state index in [2.05, 4.69) is 23.5 Å². The van der Waals surface area contributed by atoms with Crippen molar-refractivity contribution in [3.63, 3.8) is 0 Å². The fraction of sp³-hybridized carbons (Fsp3) is 0.316. The van der Waals surface area contributed by atoms with Crippen LogP contribution in [0.3, 0.4) is 0 Å².